The molecule has 0 aromatic rings. The number of hydrogen-bond acceptors (Lipinski definition) is 7. The Morgan fingerprint density at radius 2 is 1.76 bits per heavy atom. The highest BCUT2D eigenvalue weighted by molar-refractivity contribution is 5.84. The van der Waals surface area contributed by atoms with Gasteiger partial charge in [0, 0.05) is 0 Å². The first-order chi connectivity index (χ1) is 7.66. The minimum atomic E-state index is -3.29. The van der Waals surface area contributed by atoms with E-state index < -0.39 is 42.6 Å². The van der Waals surface area contributed by atoms with Crippen molar-refractivity contribution in [3.05, 3.63) is 0 Å². The summed E-state index contributed by atoms with van der Waals surface area (Å²) in [6.07, 6.45) is -6.63. The Bertz CT molecular complexity index is 298. The summed E-state index contributed by atoms with van der Waals surface area (Å²) in [6, 6.07) is -1.47. The molecule has 0 aliphatic rings. The highest BCUT2D eigenvalue weighted by Crippen LogP contribution is 2.14. The summed E-state index contributed by atoms with van der Waals surface area (Å²) in [4.78, 5) is 21.1. The lowest BCUT2D eigenvalue weighted by Gasteiger charge is -2.32. The number of rotatable bonds is 6. The Labute approximate surface area is 94.9 Å². The lowest BCUT2D eigenvalue weighted by molar-refractivity contribution is -0.195. The van der Waals surface area contributed by atoms with Crippen LogP contribution < -0.4 is 11.1 Å². The van der Waals surface area contributed by atoms with Gasteiger partial charge in [-0.25, -0.2) is 9.59 Å². The molecule has 4 atom stereocenters. The van der Waals surface area contributed by atoms with Gasteiger partial charge >= 0.3 is 12.0 Å². The Morgan fingerprint density at radius 1 is 1.29 bits per heavy atom. The minimum absolute atomic E-state index is 0.996. The van der Waals surface area contributed by atoms with Gasteiger partial charge in [-0.2, -0.15) is 0 Å². The zero-order valence-corrected chi connectivity index (χ0v) is 8.52. The van der Waals surface area contributed by atoms with Crippen LogP contribution in [0.2, 0.25) is 0 Å². The summed E-state index contributed by atoms with van der Waals surface area (Å²) in [7, 11) is 0. The highest BCUT2D eigenvalue weighted by atomic mass is 16.4. The first kappa shape index (κ1) is 15.5. The van der Waals surface area contributed by atoms with E-state index in [9.17, 15) is 24.9 Å². The van der Waals surface area contributed by atoms with Crippen molar-refractivity contribution < 1.29 is 40.2 Å². The van der Waals surface area contributed by atoms with Gasteiger partial charge < -0.3 is 36.4 Å². The Morgan fingerprint density at radius 3 is 2.06 bits per heavy atom. The Kier molecular flexibility index (Phi) is 5.25. The van der Waals surface area contributed by atoms with E-state index in [1.807, 2.05) is 0 Å². The number of carbonyl (C=O) groups excluding carboxylic acids is 1. The van der Waals surface area contributed by atoms with Crippen molar-refractivity contribution in [2.24, 2.45) is 5.73 Å². The van der Waals surface area contributed by atoms with E-state index in [-0.39, 0.29) is 0 Å². The smallest absolute Gasteiger partial charge is 0.360 e. The number of nitrogens with one attached hydrogen (secondary N) is 1. The molecule has 0 bridgehead atoms. The zero-order chi connectivity index (χ0) is 13.8. The van der Waals surface area contributed by atoms with Crippen molar-refractivity contribution in [2.75, 3.05) is 6.61 Å². The fraction of sp³-hybridized carbons (Fsp3) is 0.714. The largest absolute Gasteiger partial charge is 0.478 e. The summed E-state index contributed by atoms with van der Waals surface area (Å²) in [5, 5.41) is 55.3. The maximum Gasteiger partial charge on any atom is 0.360 e. The van der Waals surface area contributed by atoms with Crippen molar-refractivity contribution in [1.82, 2.24) is 5.32 Å². The summed E-state index contributed by atoms with van der Waals surface area (Å²) in [5.41, 5.74) is 1.29. The molecule has 0 aliphatic heterocycles. The standard InChI is InChI=1S/C7H14N2O8/c8-6(16)9-7(17,5(14)15)4(13)3(12)2(11)1-10/h2-4,10-13,17H,1H2,(H,14,15)(H3,8,9,16). The van der Waals surface area contributed by atoms with Crippen LogP contribution in [0.5, 0.6) is 0 Å². The number of carboxylic acids is 1. The van der Waals surface area contributed by atoms with Crippen molar-refractivity contribution in [1.29, 1.82) is 0 Å². The van der Waals surface area contributed by atoms with E-state index in [2.05, 4.69) is 5.73 Å². The van der Waals surface area contributed by atoms with Crippen LogP contribution in [-0.4, -0.2) is 73.3 Å². The Balaban J connectivity index is 5.06. The summed E-state index contributed by atoms with van der Waals surface area (Å²) in [5.74, 6) is -2.10. The molecule has 0 spiro atoms. The number of aliphatic hydroxyl groups excluding tert-OH is 4. The number of aliphatic hydroxyl groups is 5. The van der Waals surface area contributed by atoms with Crippen LogP contribution in [0.15, 0.2) is 0 Å². The summed E-state index contributed by atoms with van der Waals surface area (Å²) in [6.45, 7) is -0.996. The van der Waals surface area contributed by atoms with E-state index >= 15 is 0 Å². The van der Waals surface area contributed by atoms with Gasteiger partial charge in [-0.1, -0.05) is 0 Å². The number of aliphatic carboxylic acids is 1. The van der Waals surface area contributed by atoms with E-state index in [1.54, 1.807) is 0 Å². The maximum atomic E-state index is 10.7. The predicted molar refractivity (Wildman–Crippen MR) is 50.4 cm³/mol. The van der Waals surface area contributed by atoms with Crippen LogP contribution >= 0.6 is 0 Å². The molecule has 0 aliphatic carbocycles. The monoisotopic (exact) mass is 254 g/mol. The number of amides is 2. The maximum absolute atomic E-state index is 10.7. The third-order valence-corrected chi connectivity index (χ3v) is 1.97. The quantitative estimate of drug-likeness (QED) is 0.217. The lowest BCUT2D eigenvalue weighted by Crippen LogP contribution is -2.67. The molecule has 10 heteroatoms. The molecule has 10 nitrogen and oxygen atoms in total. The molecule has 100 valence electrons. The molecule has 0 aromatic carbocycles. The van der Waals surface area contributed by atoms with Crippen LogP contribution in [0.25, 0.3) is 0 Å². The summed E-state index contributed by atoms with van der Waals surface area (Å²) < 4.78 is 0. The first-order valence-corrected chi connectivity index (χ1v) is 4.35. The van der Waals surface area contributed by atoms with Crippen LogP contribution in [-0.2, 0) is 4.79 Å². The molecule has 0 saturated carbocycles. The fourth-order valence-corrected chi connectivity index (χ4v) is 1.01. The number of nitrogens with two attached hydrogens (primary N) is 1. The predicted octanol–water partition coefficient (Wildman–Crippen LogP) is -4.50. The van der Waals surface area contributed by atoms with Gasteiger partial charge in [0.2, 0.25) is 0 Å². The van der Waals surface area contributed by atoms with E-state index in [4.69, 9.17) is 15.3 Å². The van der Waals surface area contributed by atoms with Gasteiger partial charge in [0.05, 0.1) is 6.61 Å². The van der Waals surface area contributed by atoms with Crippen molar-refractivity contribution in [3.8, 4) is 0 Å². The molecule has 0 saturated heterocycles. The zero-order valence-electron chi connectivity index (χ0n) is 8.52. The van der Waals surface area contributed by atoms with E-state index in [0.717, 1.165) is 0 Å². The number of carbonyl (C=O) groups is 2. The molecular weight excluding hydrogens is 240 g/mol. The molecule has 0 aromatic heterocycles. The highest BCUT2D eigenvalue weighted by Gasteiger charge is 2.49. The number of primary amides is 1. The lowest BCUT2D eigenvalue weighted by atomic mass is 9.98. The van der Waals surface area contributed by atoms with Gasteiger partial charge in [0.1, 0.15) is 18.3 Å². The second-order valence-corrected chi connectivity index (χ2v) is 3.25. The van der Waals surface area contributed by atoms with Gasteiger partial charge in [0.25, 0.3) is 5.72 Å². The molecule has 17 heavy (non-hydrogen) atoms. The fourth-order valence-electron chi connectivity index (χ4n) is 1.01. The van der Waals surface area contributed by atoms with E-state index in [0.29, 0.717) is 0 Å². The van der Waals surface area contributed by atoms with Crippen molar-refractivity contribution in [3.63, 3.8) is 0 Å². The average molecular weight is 254 g/mol. The topological polar surface area (TPSA) is 194 Å². The number of carboxylic acid groups (broad SMARTS) is 1. The molecular formula is C7H14N2O8. The third-order valence-electron chi connectivity index (χ3n) is 1.97. The van der Waals surface area contributed by atoms with Crippen LogP contribution in [0.4, 0.5) is 4.79 Å². The van der Waals surface area contributed by atoms with Crippen LogP contribution in [0.1, 0.15) is 0 Å². The van der Waals surface area contributed by atoms with Crippen molar-refractivity contribution >= 4 is 12.0 Å². The summed E-state index contributed by atoms with van der Waals surface area (Å²) >= 11 is 0. The van der Waals surface area contributed by atoms with Crippen LogP contribution in [0.3, 0.4) is 0 Å². The molecule has 0 fully saturated rings. The molecule has 9 N–H and O–H groups in total. The second-order valence-electron chi connectivity index (χ2n) is 3.25. The van der Waals surface area contributed by atoms with Gasteiger partial charge in [-0.3, -0.25) is 5.32 Å². The molecule has 4 unspecified atom stereocenters. The van der Waals surface area contributed by atoms with E-state index in [1.165, 1.54) is 5.32 Å². The van der Waals surface area contributed by atoms with Crippen LogP contribution in [0, 0.1) is 0 Å². The Hall–Kier alpha value is -1.46. The molecule has 0 radical (unpaired) electrons. The third kappa shape index (κ3) is 3.51. The normalized spacial score (nSPS) is 19.8. The van der Waals surface area contributed by atoms with Gasteiger partial charge in [-0.05, 0) is 0 Å². The number of hydrogen-bond donors (Lipinski definition) is 8. The van der Waals surface area contributed by atoms with Crippen molar-refractivity contribution in [2.45, 2.75) is 24.0 Å². The molecule has 0 rings (SSSR count). The second kappa shape index (κ2) is 5.75. The SMILES string of the molecule is NC(=O)NC(O)(C(=O)O)C(O)C(O)C(O)CO. The van der Waals surface area contributed by atoms with Gasteiger partial charge in [-0.15, -0.1) is 0 Å². The molecule has 2 amide bonds. The number of urea groups is 1. The van der Waals surface area contributed by atoms with Gasteiger partial charge in [0.15, 0.2) is 0 Å². The average Bonchev–Trinajstić information content (AvgIpc) is 2.24. The minimum Gasteiger partial charge on any atom is -0.478 e. The molecule has 0 heterocycles. The first-order valence-electron chi connectivity index (χ1n) is 4.35.